The fourth-order valence-corrected chi connectivity index (χ4v) is 1.73. The topological polar surface area (TPSA) is 26.3 Å². The maximum absolute atomic E-state index is 13.9. The van der Waals surface area contributed by atoms with Crippen LogP contribution in [0.1, 0.15) is 24.0 Å². The van der Waals surface area contributed by atoms with Crippen molar-refractivity contribution in [1.29, 1.82) is 0 Å². The van der Waals surface area contributed by atoms with E-state index in [2.05, 4.69) is 4.74 Å². The second-order valence-corrected chi connectivity index (χ2v) is 4.02. The average molecular weight is 208 g/mol. The molecule has 1 aromatic carbocycles. The molecule has 1 saturated heterocycles. The summed E-state index contributed by atoms with van der Waals surface area (Å²) in [7, 11) is 0. The number of benzene rings is 1. The summed E-state index contributed by atoms with van der Waals surface area (Å²) < 4.78 is 18.6. The molecular weight excluding hydrogens is 195 g/mol. The Kier molecular flexibility index (Phi) is 2.47. The van der Waals surface area contributed by atoms with Crippen molar-refractivity contribution >= 4 is 5.97 Å². The maximum atomic E-state index is 13.9. The van der Waals surface area contributed by atoms with Crippen molar-refractivity contribution in [3.8, 4) is 0 Å². The molecule has 0 N–H and O–H groups in total. The zero-order chi connectivity index (χ0) is 10.9. The number of cyclic esters (lactones) is 1. The van der Waals surface area contributed by atoms with Crippen LogP contribution in [0.15, 0.2) is 24.3 Å². The molecule has 1 fully saturated rings. The van der Waals surface area contributed by atoms with Gasteiger partial charge in [-0.3, -0.25) is 4.79 Å². The van der Waals surface area contributed by atoms with Gasteiger partial charge in [-0.15, -0.1) is 0 Å². The van der Waals surface area contributed by atoms with Crippen LogP contribution in [0.3, 0.4) is 0 Å². The molecule has 1 aromatic rings. The average Bonchev–Trinajstić information content (AvgIpc) is 2.50. The van der Waals surface area contributed by atoms with E-state index in [-0.39, 0.29) is 19.3 Å². The molecule has 1 atom stereocenters. The van der Waals surface area contributed by atoms with Crippen molar-refractivity contribution in [3.05, 3.63) is 35.4 Å². The van der Waals surface area contributed by atoms with Crippen molar-refractivity contribution in [1.82, 2.24) is 0 Å². The van der Waals surface area contributed by atoms with Gasteiger partial charge in [-0.2, -0.15) is 4.39 Å². The first-order valence-electron chi connectivity index (χ1n) is 5.04. The van der Waals surface area contributed by atoms with E-state index in [1.165, 1.54) is 0 Å². The van der Waals surface area contributed by atoms with Crippen LogP contribution in [0.25, 0.3) is 0 Å². The summed E-state index contributed by atoms with van der Waals surface area (Å²) in [6.45, 7) is 1.98. The molecule has 2 nitrogen and oxygen atoms in total. The highest BCUT2D eigenvalue weighted by Crippen LogP contribution is 2.31. The molecule has 0 amide bonds. The van der Waals surface area contributed by atoms with E-state index in [4.69, 9.17) is 0 Å². The molecule has 1 aliphatic rings. The first-order chi connectivity index (χ1) is 7.07. The highest BCUT2D eigenvalue weighted by molar-refractivity contribution is 5.72. The van der Waals surface area contributed by atoms with Crippen LogP contribution in [0, 0.1) is 6.92 Å². The quantitative estimate of drug-likeness (QED) is 0.698. The zero-order valence-electron chi connectivity index (χ0n) is 8.63. The van der Waals surface area contributed by atoms with E-state index in [0.29, 0.717) is 0 Å². The minimum absolute atomic E-state index is 0.152. The van der Waals surface area contributed by atoms with Gasteiger partial charge in [-0.05, 0) is 12.5 Å². The maximum Gasteiger partial charge on any atom is 0.308 e. The number of esters is 1. The van der Waals surface area contributed by atoms with Gasteiger partial charge in [0.1, 0.15) is 0 Å². The third-order valence-corrected chi connectivity index (χ3v) is 2.59. The SMILES string of the molecule is Cc1ccc(CC2(F)CCC(=O)O2)cc1. The van der Waals surface area contributed by atoms with Crippen LogP contribution in [-0.4, -0.2) is 11.8 Å². The molecule has 1 unspecified atom stereocenters. The second kappa shape index (κ2) is 3.65. The number of carbonyl (C=O) groups is 1. The van der Waals surface area contributed by atoms with Crippen molar-refractivity contribution in [2.75, 3.05) is 0 Å². The van der Waals surface area contributed by atoms with E-state index >= 15 is 0 Å². The molecule has 80 valence electrons. The Hall–Kier alpha value is -1.38. The fourth-order valence-electron chi connectivity index (χ4n) is 1.73. The molecule has 0 spiro atoms. The monoisotopic (exact) mass is 208 g/mol. The number of carbonyl (C=O) groups excluding carboxylic acids is 1. The van der Waals surface area contributed by atoms with Gasteiger partial charge in [0.25, 0.3) is 5.85 Å². The molecule has 0 aliphatic carbocycles. The first-order valence-corrected chi connectivity index (χ1v) is 5.04. The van der Waals surface area contributed by atoms with Crippen LogP contribution < -0.4 is 0 Å². The third-order valence-electron chi connectivity index (χ3n) is 2.59. The summed E-state index contributed by atoms with van der Waals surface area (Å²) in [5, 5.41) is 0. The minimum Gasteiger partial charge on any atom is -0.428 e. The number of halogens is 1. The Morgan fingerprint density at radius 3 is 2.60 bits per heavy atom. The zero-order valence-corrected chi connectivity index (χ0v) is 8.63. The lowest BCUT2D eigenvalue weighted by Gasteiger charge is -2.17. The number of aryl methyl sites for hydroxylation is 1. The molecule has 0 saturated carbocycles. The smallest absolute Gasteiger partial charge is 0.308 e. The van der Waals surface area contributed by atoms with Crippen LogP contribution in [0.2, 0.25) is 0 Å². The molecule has 3 heteroatoms. The number of ether oxygens (including phenoxy) is 1. The van der Waals surface area contributed by atoms with Gasteiger partial charge in [0.15, 0.2) is 0 Å². The number of rotatable bonds is 2. The highest BCUT2D eigenvalue weighted by Gasteiger charge is 2.40. The Morgan fingerprint density at radius 1 is 1.40 bits per heavy atom. The Bertz CT molecular complexity index is 372. The number of hydrogen-bond donors (Lipinski definition) is 0. The minimum atomic E-state index is -1.79. The molecule has 1 heterocycles. The summed E-state index contributed by atoms with van der Waals surface area (Å²) >= 11 is 0. The Labute approximate surface area is 88.1 Å². The van der Waals surface area contributed by atoms with Gasteiger partial charge < -0.3 is 4.74 Å². The van der Waals surface area contributed by atoms with Gasteiger partial charge >= 0.3 is 5.97 Å². The number of alkyl halides is 1. The summed E-state index contributed by atoms with van der Waals surface area (Å²) in [6.07, 6.45) is 0.501. The van der Waals surface area contributed by atoms with Gasteiger partial charge in [-0.1, -0.05) is 29.8 Å². The van der Waals surface area contributed by atoms with Crippen molar-refractivity contribution in [2.45, 2.75) is 32.0 Å². The summed E-state index contributed by atoms with van der Waals surface area (Å²) in [6, 6.07) is 7.58. The molecule has 0 radical (unpaired) electrons. The Morgan fingerprint density at radius 2 is 2.07 bits per heavy atom. The fraction of sp³-hybridized carbons (Fsp3) is 0.417. The van der Waals surface area contributed by atoms with E-state index in [0.717, 1.165) is 11.1 Å². The lowest BCUT2D eigenvalue weighted by Crippen LogP contribution is -2.24. The van der Waals surface area contributed by atoms with Crippen LogP contribution in [-0.2, 0) is 16.0 Å². The van der Waals surface area contributed by atoms with Crippen molar-refractivity contribution in [3.63, 3.8) is 0 Å². The molecule has 15 heavy (non-hydrogen) atoms. The van der Waals surface area contributed by atoms with Crippen molar-refractivity contribution < 1.29 is 13.9 Å². The van der Waals surface area contributed by atoms with E-state index in [1.54, 1.807) is 0 Å². The van der Waals surface area contributed by atoms with Crippen LogP contribution in [0.5, 0.6) is 0 Å². The standard InChI is InChI=1S/C12H13FO2/c1-9-2-4-10(5-3-9)8-12(13)7-6-11(14)15-12/h2-5H,6-8H2,1H3. The summed E-state index contributed by atoms with van der Waals surface area (Å²) in [4.78, 5) is 10.8. The normalized spacial score (nSPS) is 25.3. The molecule has 0 bridgehead atoms. The highest BCUT2D eigenvalue weighted by atomic mass is 19.2. The molecule has 0 aromatic heterocycles. The van der Waals surface area contributed by atoms with Crippen LogP contribution in [0.4, 0.5) is 4.39 Å². The largest absolute Gasteiger partial charge is 0.428 e. The van der Waals surface area contributed by atoms with E-state index < -0.39 is 11.8 Å². The third kappa shape index (κ3) is 2.35. The van der Waals surface area contributed by atoms with Crippen molar-refractivity contribution in [2.24, 2.45) is 0 Å². The molecule has 1 aliphatic heterocycles. The number of hydrogen-bond acceptors (Lipinski definition) is 2. The molecule has 2 rings (SSSR count). The summed E-state index contributed by atoms with van der Waals surface area (Å²) in [5.41, 5.74) is 1.99. The van der Waals surface area contributed by atoms with E-state index in [1.807, 2.05) is 31.2 Å². The van der Waals surface area contributed by atoms with E-state index in [9.17, 15) is 9.18 Å². The van der Waals surface area contributed by atoms with Gasteiger partial charge in [0, 0.05) is 12.8 Å². The van der Waals surface area contributed by atoms with Gasteiger partial charge in [0.2, 0.25) is 0 Å². The van der Waals surface area contributed by atoms with Gasteiger partial charge in [-0.25, -0.2) is 0 Å². The Balaban J connectivity index is 2.08. The van der Waals surface area contributed by atoms with Gasteiger partial charge in [0.05, 0.1) is 6.42 Å². The lowest BCUT2D eigenvalue weighted by molar-refractivity contribution is -0.164. The van der Waals surface area contributed by atoms with Crippen LogP contribution >= 0.6 is 0 Å². The molecular formula is C12H13FO2. The predicted molar refractivity (Wildman–Crippen MR) is 54.0 cm³/mol. The first kappa shape index (κ1) is 10.1. The lowest BCUT2D eigenvalue weighted by atomic mass is 10.0. The second-order valence-electron chi connectivity index (χ2n) is 4.02. The predicted octanol–water partition coefficient (Wildman–Crippen LogP) is 2.54. The summed E-state index contributed by atoms with van der Waals surface area (Å²) in [5.74, 6) is -2.23.